The second kappa shape index (κ2) is 5.62. The third-order valence-electron chi connectivity index (χ3n) is 3.14. The minimum Gasteiger partial charge on any atom is -0.497 e. The van der Waals surface area contributed by atoms with E-state index in [1.807, 2.05) is 48.5 Å². The van der Waals surface area contributed by atoms with E-state index in [4.69, 9.17) is 10.5 Å². The number of ether oxygens (including phenoxy) is 1. The maximum Gasteiger partial charge on any atom is 0.182 e. The minimum absolute atomic E-state index is 0.564. The van der Waals surface area contributed by atoms with Gasteiger partial charge in [-0.05, 0) is 40.3 Å². The lowest BCUT2D eigenvalue weighted by atomic mass is 10.2. The molecule has 3 aromatic rings. The predicted molar refractivity (Wildman–Crippen MR) is 79.8 cm³/mol. The van der Waals surface area contributed by atoms with Gasteiger partial charge in [-0.2, -0.15) is 0 Å². The summed E-state index contributed by atoms with van der Waals surface area (Å²) in [4.78, 5) is 0. The van der Waals surface area contributed by atoms with Crippen molar-refractivity contribution in [1.82, 2.24) is 20.2 Å². The highest BCUT2D eigenvalue weighted by atomic mass is 16.5. The van der Waals surface area contributed by atoms with Gasteiger partial charge in [0.15, 0.2) is 5.82 Å². The van der Waals surface area contributed by atoms with Crippen molar-refractivity contribution in [2.24, 2.45) is 0 Å². The van der Waals surface area contributed by atoms with Gasteiger partial charge < -0.3 is 10.5 Å². The van der Waals surface area contributed by atoms with Crippen molar-refractivity contribution >= 4 is 5.69 Å². The molecule has 0 atom stereocenters. The van der Waals surface area contributed by atoms with Crippen LogP contribution in [0.25, 0.3) is 11.4 Å². The quantitative estimate of drug-likeness (QED) is 0.740. The number of nitrogen functional groups attached to an aromatic ring is 1. The lowest BCUT2D eigenvalue weighted by molar-refractivity contribution is 0.414. The lowest BCUT2D eigenvalue weighted by Crippen LogP contribution is -2.04. The molecule has 2 aromatic carbocycles. The highest BCUT2D eigenvalue weighted by Gasteiger charge is 2.09. The average molecular weight is 281 g/mol. The van der Waals surface area contributed by atoms with Crippen LogP contribution in [-0.2, 0) is 6.54 Å². The summed E-state index contributed by atoms with van der Waals surface area (Å²) in [6, 6.07) is 15.3. The molecule has 0 aliphatic carbocycles. The van der Waals surface area contributed by atoms with Gasteiger partial charge in [-0.3, -0.25) is 0 Å². The van der Waals surface area contributed by atoms with E-state index in [-0.39, 0.29) is 0 Å². The van der Waals surface area contributed by atoms with Crippen molar-refractivity contribution in [3.05, 3.63) is 54.1 Å². The van der Waals surface area contributed by atoms with Crippen LogP contribution in [0.3, 0.4) is 0 Å². The number of tetrazole rings is 1. The van der Waals surface area contributed by atoms with Crippen molar-refractivity contribution in [3.8, 4) is 17.1 Å². The number of rotatable bonds is 4. The zero-order valence-corrected chi connectivity index (χ0v) is 11.6. The predicted octanol–water partition coefficient (Wildman–Crippen LogP) is 1.98. The van der Waals surface area contributed by atoms with Crippen molar-refractivity contribution < 1.29 is 4.74 Å². The molecule has 1 heterocycles. The lowest BCUT2D eigenvalue weighted by Gasteiger charge is -2.07. The van der Waals surface area contributed by atoms with E-state index in [1.165, 1.54) is 0 Å². The number of benzene rings is 2. The molecule has 0 aliphatic rings. The normalized spacial score (nSPS) is 10.5. The van der Waals surface area contributed by atoms with Crippen LogP contribution in [0.1, 0.15) is 5.56 Å². The highest BCUT2D eigenvalue weighted by molar-refractivity contribution is 5.60. The molecule has 6 nitrogen and oxygen atoms in total. The van der Waals surface area contributed by atoms with Gasteiger partial charge in [0.25, 0.3) is 0 Å². The molecule has 0 saturated carbocycles. The van der Waals surface area contributed by atoms with E-state index >= 15 is 0 Å². The summed E-state index contributed by atoms with van der Waals surface area (Å²) < 4.78 is 6.97. The Morgan fingerprint density at radius 2 is 2.00 bits per heavy atom. The zero-order chi connectivity index (χ0) is 14.7. The van der Waals surface area contributed by atoms with Gasteiger partial charge >= 0.3 is 0 Å². The Balaban J connectivity index is 1.92. The first kappa shape index (κ1) is 13.1. The van der Waals surface area contributed by atoms with Gasteiger partial charge in [0, 0.05) is 11.3 Å². The highest BCUT2D eigenvalue weighted by Crippen LogP contribution is 2.20. The van der Waals surface area contributed by atoms with Crippen LogP contribution in [0.5, 0.6) is 5.75 Å². The monoisotopic (exact) mass is 281 g/mol. The van der Waals surface area contributed by atoms with E-state index in [2.05, 4.69) is 15.5 Å². The van der Waals surface area contributed by atoms with E-state index < -0.39 is 0 Å². The zero-order valence-electron chi connectivity index (χ0n) is 11.6. The first-order valence-corrected chi connectivity index (χ1v) is 6.51. The smallest absolute Gasteiger partial charge is 0.182 e. The van der Waals surface area contributed by atoms with Crippen LogP contribution < -0.4 is 10.5 Å². The molecule has 0 saturated heterocycles. The van der Waals surface area contributed by atoms with Crippen LogP contribution >= 0.6 is 0 Å². The third kappa shape index (κ3) is 2.84. The summed E-state index contributed by atoms with van der Waals surface area (Å²) in [5.41, 5.74) is 8.45. The third-order valence-corrected chi connectivity index (χ3v) is 3.14. The van der Waals surface area contributed by atoms with Crippen LogP contribution in [-0.4, -0.2) is 27.3 Å². The van der Waals surface area contributed by atoms with Crippen molar-refractivity contribution in [3.63, 3.8) is 0 Å². The van der Waals surface area contributed by atoms with Gasteiger partial charge in [0.1, 0.15) is 5.75 Å². The van der Waals surface area contributed by atoms with Gasteiger partial charge in [-0.15, -0.1) is 5.10 Å². The molecule has 0 aliphatic heterocycles. The number of aromatic nitrogens is 4. The first-order valence-electron chi connectivity index (χ1n) is 6.51. The number of methoxy groups -OCH3 is 1. The molecular weight excluding hydrogens is 266 g/mol. The fraction of sp³-hybridized carbons (Fsp3) is 0.133. The Kier molecular flexibility index (Phi) is 3.51. The van der Waals surface area contributed by atoms with Gasteiger partial charge in [-0.1, -0.05) is 24.3 Å². The molecule has 0 bridgehead atoms. The molecule has 2 N–H and O–H groups in total. The Hall–Kier alpha value is -2.89. The summed E-state index contributed by atoms with van der Waals surface area (Å²) in [5, 5.41) is 11.9. The largest absolute Gasteiger partial charge is 0.497 e. The van der Waals surface area contributed by atoms with Crippen LogP contribution in [0, 0.1) is 0 Å². The summed E-state index contributed by atoms with van der Waals surface area (Å²) in [6.07, 6.45) is 0. The van der Waals surface area contributed by atoms with Crippen molar-refractivity contribution in [2.45, 2.75) is 6.54 Å². The second-order valence-electron chi connectivity index (χ2n) is 4.64. The fourth-order valence-corrected chi connectivity index (χ4v) is 2.14. The van der Waals surface area contributed by atoms with Gasteiger partial charge in [-0.25, -0.2) is 4.68 Å². The Labute approximate surface area is 122 Å². The average Bonchev–Trinajstić information content (AvgIpc) is 2.95. The standard InChI is InChI=1S/C15H15N5O/c1-21-14-7-2-4-11(8-14)10-20-15(17-18-19-20)12-5-3-6-13(16)9-12/h2-9H,10,16H2,1H3. The molecule has 0 fully saturated rings. The van der Waals surface area contributed by atoms with E-state index in [0.717, 1.165) is 16.9 Å². The van der Waals surface area contributed by atoms with Crippen molar-refractivity contribution in [1.29, 1.82) is 0 Å². The van der Waals surface area contributed by atoms with Crippen LogP contribution in [0.15, 0.2) is 48.5 Å². The summed E-state index contributed by atoms with van der Waals surface area (Å²) in [6.45, 7) is 0.564. The van der Waals surface area contributed by atoms with Gasteiger partial charge in [0.2, 0.25) is 0 Å². The number of hydrogen-bond donors (Lipinski definition) is 1. The topological polar surface area (TPSA) is 78.8 Å². The Morgan fingerprint density at radius 3 is 2.81 bits per heavy atom. The van der Waals surface area contributed by atoms with E-state index in [0.29, 0.717) is 18.1 Å². The van der Waals surface area contributed by atoms with E-state index in [1.54, 1.807) is 11.8 Å². The number of nitrogens with zero attached hydrogens (tertiary/aromatic N) is 4. The molecule has 3 rings (SSSR count). The molecule has 0 radical (unpaired) electrons. The van der Waals surface area contributed by atoms with Crippen molar-refractivity contribution in [2.75, 3.05) is 12.8 Å². The van der Waals surface area contributed by atoms with Crippen LogP contribution in [0.4, 0.5) is 5.69 Å². The summed E-state index contributed by atoms with van der Waals surface area (Å²) >= 11 is 0. The maximum absolute atomic E-state index is 5.81. The Morgan fingerprint density at radius 1 is 1.14 bits per heavy atom. The first-order chi connectivity index (χ1) is 10.3. The number of hydrogen-bond acceptors (Lipinski definition) is 5. The molecule has 21 heavy (non-hydrogen) atoms. The molecule has 106 valence electrons. The van der Waals surface area contributed by atoms with Gasteiger partial charge in [0.05, 0.1) is 13.7 Å². The summed E-state index contributed by atoms with van der Waals surface area (Å²) in [5.74, 6) is 1.50. The molecule has 0 spiro atoms. The molecule has 6 heteroatoms. The summed E-state index contributed by atoms with van der Waals surface area (Å²) in [7, 11) is 1.65. The molecule has 0 unspecified atom stereocenters. The SMILES string of the molecule is COc1cccc(Cn2nnnc2-c2cccc(N)c2)c1. The van der Waals surface area contributed by atoms with Crippen LogP contribution in [0.2, 0.25) is 0 Å². The second-order valence-corrected chi connectivity index (χ2v) is 4.64. The fourth-order valence-electron chi connectivity index (χ4n) is 2.14. The molecule has 1 aromatic heterocycles. The minimum atomic E-state index is 0.564. The molecular formula is C15H15N5O. The Bertz CT molecular complexity index is 753. The van der Waals surface area contributed by atoms with E-state index in [9.17, 15) is 0 Å². The number of nitrogens with two attached hydrogens (primary N) is 1. The number of anilines is 1. The molecule has 0 amide bonds. The maximum atomic E-state index is 5.81.